The third kappa shape index (κ3) is 5.33. The second-order valence-corrected chi connectivity index (χ2v) is 6.08. The van der Waals surface area contributed by atoms with Crippen molar-refractivity contribution in [1.29, 1.82) is 5.26 Å². The van der Waals surface area contributed by atoms with Crippen molar-refractivity contribution in [3.8, 4) is 11.8 Å². The normalized spacial score (nSPS) is 20.2. The molecule has 7 heteroatoms. The fourth-order valence-corrected chi connectivity index (χ4v) is 2.68. The van der Waals surface area contributed by atoms with Crippen molar-refractivity contribution in [3.63, 3.8) is 0 Å². The molecular formula is C19H22N2O5. The second-order valence-electron chi connectivity index (χ2n) is 6.08. The van der Waals surface area contributed by atoms with Gasteiger partial charge in [-0.15, -0.1) is 0 Å². The zero-order valence-electron chi connectivity index (χ0n) is 15.1. The van der Waals surface area contributed by atoms with E-state index >= 15 is 0 Å². The number of carbonyl (C=O) groups is 2. The molecule has 0 bridgehead atoms. The quantitative estimate of drug-likeness (QED) is 0.453. The van der Waals surface area contributed by atoms with E-state index in [-0.39, 0.29) is 23.7 Å². The van der Waals surface area contributed by atoms with E-state index in [0.717, 1.165) is 0 Å². The maximum Gasteiger partial charge on any atom is 0.349 e. The number of nitrogens with zero attached hydrogens (tertiary/aromatic N) is 2. The number of morpholine rings is 1. The van der Waals surface area contributed by atoms with Gasteiger partial charge in [-0.2, -0.15) is 5.26 Å². The number of hydrogen-bond donors (Lipinski definition) is 0. The topological polar surface area (TPSA) is 88.9 Å². The first-order valence-electron chi connectivity index (χ1n) is 8.29. The number of carbonyl (C=O) groups excluding carboxylic acids is 2. The summed E-state index contributed by atoms with van der Waals surface area (Å²) in [6, 6.07) is 8.67. The molecule has 1 aromatic rings. The summed E-state index contributed by atoms with van der Waals surface area (Å²) in [7, 11) is 1.55. The van der Waals surface area contributed by atoms with Gasteiger partial charge in [-0.1, -0.05) is 12.1 Å². The van der Waals surface area contributed by atoms with Crippen LogP contribution in [-0.2, 0) is 19.1 Å². The molecule has 2 atom stereocenters. The standard InChI is InChI=1S/C19H22N2O5/c1-13-10-21(11-14(2)26-13)18(22)12-25-19(23)16(9-20)8-15-4-6-17(24-3)7-5-15/h4-8,13-14H,10-12H2,1-3H3/b16-8+. The number of rotatable bonds is 5. The van der Waals surface area contributed by atoms with Gasteiger partial charge in [0.15, 0.2) is 6.61 Å². The molecule has 2 unspecified atom stereocenters. The highest BCUT2D eigenvalue weighted by Gasteiger charge is 2.26. The van der Waals surface area contributed by atoms with Crippen LogP contribution in [0.1, 0.15) is 19.4 Å². The van der Waals surface area contributed by atoms with Crippen LogP contribution in [0.15, 0.2) is 29.8 Å². The number of benzene rings is 1. The fourth-order valence-electron chi connectivity index (χ4n) is 2.68. The van der Waals surface area contributed by atoms with Crippen LogP contribution in [0.2, 0.25) is 0 Å². The lowest BCUT2D eigenvalue weighted by atomic mass is 10.1. The Balaban J connectivity index is 1.95. The average molecular weight is 358 g/mol. The molecule has 7 nitrogen and oxygen atoms in total. The van der Waals surface area contributed by atoms with Crippen LogP contribution in [-0.4, -0.2) is 55.8 Å². The highest BCUT2D eigenvalue weighted by molar-refractivity contribution is 5.98. The number of ether oxygens (including phenoxy) is 3. The minimum atomic E-state index is -0.828. The highest BCUT2D eigenvalue weighted by Crippen LogP contribution is 2.15. The van der Waals surface area contributed by atoms with Crippen LogP contribution in [0, 0.1) is 11.3 Å². The largest absolute Gasteiger partial charge is 0.497 e. The lowest BCUT2D eigenvalue weighted by Crippen LogP contribution is -2.49. The SMILES string of the molecule is COc1ccc(/C=C(\C#N)C(=O)OCC(=O)N2CC(C)OC(C)C2)cc1. The van der Waals surface area contributed by atoms with Gasteiger partial charge < -0.3 is 19.1 Å². The molecule has 26 heavy (non-hydrogen) atoms. The van der Waals surface area contributed by atoms with Crippen molar-refractivity contribution in [3.05, 3.63) is 35.4 Å². The van der Waals surface area contributed by atoms with Gasteiger partial charge in [-0.3, -0.25) is 4.79 Å². The van der Waals surface area contributed by atoms with Crippen LogP contribution in [0.4, 0.5) is 0 Å². The van der Waals surface area contributed by atoms with Crippen molar-refractivity contribution < 1.29 is 23.8 Å². The smallest absolute Gasteiger partial charge is 0.349 e. The minimum absolute atomic E-state index is 0.0666. The molecule has 1 aliphatic rings. The summed E-state index contributed by atoms with van der Waals surface area (Å²) >= 11 is 0. The van der Waals surface area contributed by atoms with Crippen LogP contribution < -0.4 is 4.74 Å². The molecule has 1 fully saturated rings. The Morgan fingerprint density at radius 3 is 2.42 bits per heavy atom. The monoisotopic (exact) mass is 358 g/mol. The van der Waals surface area contributed by atoms with Gasteiger partial charge in [0.1, 0.15) is 17.4 Å². The molecule has 0 saturated carbocycles. The predicted octanol–water partition coefficient (Wildman–Crippen LogP) is 1.78. The van der Waals surface area contributed by atoms with Crippen LogP contribution >= 0.6 is 0 Å². The van der Waals surface area contributed by atoms with E-state index in [1.165, 1.54) is 6.08 Å². The van der Waals surface area contributed by atoms with Crippen molar-refractivity contribution in [2.75, 3.05) is 26.8 Å². The van der Waals surface area contributed by atoms with Crippen molar-refractivity contribution in [2.45, 2.75) is 26.1 Å². The van der Waals surface area contributed by atoms with Gasteiger partial charge in [-0.05, 0) is 37.6 Å². The predicted molar refractivity (Wildman–Crippen MR) is 94.1 cm³/mol. The summed E-state index contributed by atoms with van der Waals surface area (Å²) in [4.78, 5) is 25.9. The van der Waals surface area contributed by atoms with Gasteiger partial charge in [-0.25, -0.2) is 4.79 Å². The van der Waals surface area contributed by atoms with Crippen LogP contribution in [0.3, 0.4) is 0 Å². The molecule has 0 radical (unpaired) electrons. The summed E-state index contributed by atoms with van der Waals surface area (Å²) in [6.07, 6.45) is 1.27. The van der Waals surface area contributed by atoms with E-state index < -0.39 is 12.6 Å². The van der Waals surface area contributed by atoms with E-state index in [2.05, 4.69) is 0 Å². The summed E-state index contributed by atoms with van der Waals surface area (Å²) in [5, 5.41) is 9.19. The van der Waals surface area contributed by atoms with E-state index in [0.29, 0.717) is 24.4 Å². The Morgan fingerprint density at radius 2 is 1.88 bits per heavy atom. The van der Waals surface area contributed by atoms with Crippen LogP contribution in [0.5, 0.6) is 5.75 Å². The van der Waals surface area contributed by atoms with Gasteiger partial charge in [0.25, 0.3) is 5.91 Å². The Morgan fingerprint density at radius 1 is 1.27 bits per heavy atom. The number of amides is 1. The van der Waals surface area contributed by atoms with Crippen molar-refractivity contribution >= 4 is 18.0 Å². The number of nitriles is 1. The first kappa shape index (κ1) is 19.5. The van der Waals surface area contributed by atoms with E-state index in [1.54, 1.807) is 42.3 Å². The molecule has 1 saturated heterocycles. The fraction of sp³-hybridized carbons (Fsp3) is 0.421. The summed E-state index contributed by atoms with van der Waals surface area (Å²) in [6.45, 7) is 4.27. The third-order valence-electron chi connectivity index (χ3n) is 3.87. The number of methoxy groups -OCH3 is 1. The zero-order chi connectivity index (χ0) is 19.1. The number of hydrogen-bond acceptors (Lipinski definition) is 6. The Bertz CT molecular complexity index is 710. The molecule has 0 aliphatic carbocycles. The molecule has 138 valence electrons. The molecule has 1 aromatic carbocycles. The zero-order valence-corrected chi connectivity index (χ0v) is 15.1. The van der Waals surface area contributed by atoms with E-state index in [4.69, 9.17) is 14.2 Å². The van der Waals surface area contributed by atoms with Gasteiger partial charge in [0.05, 0.1) is 19.3 Å². The van der Waals surface area contributed by atoms with Crippen molar-refractivity contribution in [1.82, 2.24) is 4.90 Å². The summed E-state index contributed by atoms with van der Waals surface area (Å²) in [5.41, 5.74) is 0.480. The average Bonchev–Trinajstić information content (AvgIpc) is 2.63. The Labute approximate surface area is 152 Å². The maximum atomic E-state index is 12.2. The van der Waals surface area contributed by atoms with Gasteiger partial charge >= 0.3 is 5.97 Å². The van der Waals surface area contributed by atoms with Gasteiger partial charge in [0, 0.05) is 13.1 Å². The lowest BCUT2D eigenvalue weighted by Gasteiger charge is -2.35. The Kier molecular flexibility index (Phi) is 6.75. The lowest BCUT2D eigenvalue weighted by molar-refractivity contribution is -0.154. The molecule has 0 spiro atoms. The third-order valence-corrected chi connectivity index (χ3v) is 3.87. The van der Waals surface area contributed by atoms with Crippen molar-refractivity contribution in [2.24, 2.45) is 0 Å². The molecule has 0 N–H and O–H groups in total. The second kappa shape index (κ2) is 9.02. The molecular weight excluding hydrogens is 336 g/mol. The van der Waals surface area contributed by atoms with Crippen LogP contribution in [0.25, 0.3) is 6.08 Å². The molecule has 1 amide bonds. The highest BCUT2D eigenvalue weighted by atomic mass is 16.5. The molecule has 1 aliphatic heterocycles. The first-order valence-corrected chi connectivity index (χ1v) is 8.29. The summed E-state index contributed by atoms with van der Waals surface area (Å²) in [5.74, 6) is -0.462. The minimum Gasteiger partial charge on any atom is -0.497 e. The van der Waals surface area contributed by atoms with E-state index in [1.807, 2.05) is 13.8 Å². The molecule has 1 heterocycles. The molecule has 2 rings (SSSR count). The number of esters is 1. The van der Waals surface area contributed by atoms with E-state index in [9.17, 15) is 14.9 Å². The first-order chi connectivity index (χ1) is 12.4. The Hall–Kier alpha value is -2.85. The van der Waals surface area contributed by atoms with Gasteiger partial charge in [0.2, 0.25) is 0 Å². The molecule has 0 aromatic heterocycles. The maximum absolute atomic E-state index is 12.2. The summed E-state index contributed by atoms with van der Waals surface area (Å²) < 4.78 is 15.6.